The van der Waals surface area contributed by atoms with Crippen LogP contribution in [-0.4, -0.2) is 53.2 Å². The van der Waals surface area contributed by atoms with Crippen molar-refractivity contribution in [2.45, 2.75) is 64.4 Å². The van der Waals surface area contributed by atoms with Crippen molar-refractivity contribution in [3.8, 4) is 0 Å². The minimum absolute atomic E-state index is 0.215. The minimum Gasteiger partial charge on any atom is -0.387 e. The maximum absolute atomic E-state index is 12.7. The first-order chi connectivity index (χ1) is 13.0. The van der Waals surface area contributed by atoms with Crippen molar-refractivity contribution in [1.29, 1.82) is 0 Å². The van der Waals surface area contributed by atoms with Gasteiger partial charge in [-0.1, -0.05) is 0 Å². The third kappa shape index (κ3) is 5.81. The zero-order chi connectivity index (χ0) is 21.1. The highest BCUT2D eigenvalue weighted by Crippen LogP contribution is 2.52. The summed E-state index contributed by atoms with van der Waals surface area (Å²) in [5.41, 5.74) is 5.48. The fraction of sp³-hybridized carbons (Fsp3) is 0.647. The Morgan fingerprint density at radius 3 is 2.39 bits per heavy atom. The van der Waals surface area contributed by atoms with E-state index < -0.39 is 50.5 Å². The number of phosphoric ester groups is 1. The van der Waals surface area contributed by atoms with Gasteiger partial charge in [-0.25, -0.2) is 4.57 Å². The summed E-state index contributed by atoms with van der Waals surface area (Å²) in [6.07, 6.45) is -2.47. The molecule has 1 saturated heterocycles. The number of aliphatic hydroxyl groups is 2. The summed E-state index contributed by atoms with van der Waals surface area (Å²) >= 11 is 0. The van der Waals surface area contributed by atoms with Crippen molar-refractivity contribution < 1.29 is 42.4 Å². The molecular weight excluding hydrogens is 391 g/mol. The second-order valence-electron chi connectivity index (χ2n) is 7.00. The van der Waals surface area contributed by atoms with Crippen LogP contribution in [-0.2, 0) is 22.9 Å². The van der Waals surface area contributed by atoms with Crippen LogP contribution in [0.25, 0.3) is 0 Å². The number of carbonyl (C=O) groups excluding carboxylic acids is 1. The van der Waals surface area contributed by atoms with E-state index in [9.17, 15) is 19.6 Å². The second-order valence-corrected chi connectivity index (χ2v) is 8.58. The number of rotatable bonds is 9. The van der Waals surface area contributed by atoms with Crippen molar-refractivity contribution >= 4 is 13.7 Å². The fourth-order valence-electron chi connectivity index (χ4n) is 2.68. The number of aliphatic hydroxyl groups excluding tert-OH is 2. The topological polar surface area (TPSA) is 141 Å². The molecule has 4 atom stereocenters. The molecule has 2 rings (SSSR count). The lowest BCUT2D eigenvalue weighted by atomic mass is 10.1. The molecule has 4 N–H and O–H groups in total. The Bertz CT molecular complexity index is 715. The van der Waals surface area contributed by atoms with E-state index in [0.29, 0.717) is 0 Å². The molecule has 0 bridgehead atoms. The molecule has 0 aliphatic carbocycles. The van der Waals surface area contributed by atoms with Gasteiger partial charge in [0.05, 0.1) is 18.8 Å². The smallest absolute Gasteiger partial charge is 0.387 e. The minimum atomic E-state index is -3.88. The van der Waals surface area contributed by atoms with E-state index >= 15 is 0 Å². The Labute approximate surface area is 163 Å². The summed E-state index contributed by atoms with van der Waals surface area (Å²) < 4.78 is 35.7. The number of nitrogens with zero attached hydrogens (tertiary/aromatic N) is 1. The van der Waals surface area contributed by atoms with Crippen molar-refractivity contribution in [2.75, 3.05) is 6.61 Å². The van der Waals surface area contributed by atoms with E-state index in [0.717, 1.165) is 0 Å². The molecular formula is C17H28N2O8P+. The van der Waals surface area contributed by atoms with Crippen molar-refractivity contribution in [2.24, 2.45) is 5.73 Å². The summed E-state index contributed by atoms with van der Waals surface area (Å²) in [5.74, 6) is -0.639. The molecule has 0 unspecified atom stereocenters. The number of hydrogen-bond acceptors (Lipinski definition) is 8. The normalized spacial score (nSPS) is 25.6. The van der Waals surface area contributed by atoms with Gasteiger partial charge in [-0.05, 0) is 33.8 Å². The lowest BCUT2D eigenvalue weighted by molar-refractivity contribution is -0.765. The molecule has 28 heavy (non-hydrogen) atoms. The van der Waals surface area contributed by atoms with Crippen LogP contribution >= 0.6 is 7.82 Å². The van der Waals surface area contributed by atoms with Crippen LogP contribution < -0.4 is 10.3 Å². The van der Waals surface area contributed by atoms with Gasteiger partial charge in [0.1, 0.15) is 17.8 Å². The van der Waals surface area contributed by atoms with E-state index in [2.05, 4.69) is 0 Å². The SMILES string of the molecule is CC(C)OP(=O)(OC[C@H]1O[C@@H]([n+]2cccc(C(N)=O)c2)[C@H](O)[C@@H]1O)OC(C)C. The molecule has 0 spiro atoms. The standard InChI is InChI=1S/C17H27N2O8P/c1-10(2)26-28(23,27-11(3)4)24-9-13-14(20)15(21)17(25-13)19-7-5-6-12(8-19)16(18)22/h5-8,10-11,13-15,17,20-21H,9H2,1-4H3,(H-,18,22)/p+1/t13-,14-,15-,17-/m1/s1. The monoisotopic (exact) mass is 419 g/mol. The Kier molecular flexibility index (Phi) is 7.69. The Morgan fingerprint density at radius 1 is 1.25 bits per heavy atom. The van der Waals surface area contributed by atoms with Gasteiger partial charge < -0.3 is 20.7 Å². The van der Waals surface area contributed by atoms with E-state index in [-0.39, 0.29) is 12.2 Å². The van der Waals surface area contributed by atoms with Gasteiger partial charge in [0.25, 0.3) is 12.1 Å². The number of nitrogens with two attached hydrogens (primary N) is 1. The lowest BCUT2D eigenvalue weighted by Crippen LogP contribution is -2.46. The Morgan fingerprint density at radius 2 is 1.86 bits per heavy atom. The summed E-state index contributed by atoms with van der Waals surface area (Å²) in [6, 6.07) is 3.08. The van der Waals surface area contributed by atoms with Gasteiger partial charge in [-0.15, -0.1) is 0 Å². The fourth-order valence-corrected chi connectivity index (χ4v) is 4.21. The van der Waals surface area contributed by atoms with Gasteiger partial charge in [0.2, 0.25) is 0 Å². The van der Waals surface area contributed by atoms with E-state index in [1.165, 1.54) is 16.8 Å². The van der Waals surface area contributed by atoms with E-state index in [4.69, 9.17) is 24.0 Å². The summed E-state index contributed by atoms with van der Waals surface area (Å²) in [7, 11) is -3.88. The molecule has 11 heteroatoms. The second kappa shape index (κ2) is 9.41. The molecule has 1 aliphatic rings. The first kappa shape index (κ1) is 22.9. The van der Waals surface area contributed by atoms with Crippen molar-refractivity contribution in [3.63, 3.8) is 0 Å². The first-order valence-electron chi connectivity index (χ1n) is 8.96. The van der Waals surface area contributed by atoms with Crippen LogP contribution in [0.2, 0.25) is 0 Å². The number of aromatic nitrogens is 1. The van der Waals surface area contributed by atoms with E-state index in [1.54, 1.807) is 40.0 Å². The maximum atomic E-state index is 12.7. The number of amides is 1. The van der Waals surface area contributed by atoms with Crippen LogP contribution in [0.5, 0.6) is 0 Å². The van der Waals surface area contributed by atoms with Gasteiger partial charge in [0.15, 0.2) is 18.5 Å². The van der Waals surface area contributed by atoms with Crippen LogP contribution in [0.1, 0.15) is 44.3 Å². The van der Waals surface area contributed by atoms with Crippen LogP contribution in [0.3, 0.4) is 0 Å². The predicted octanol–water partition coefficient (Wildman–Crippen LogP) is 0.667. The highest BCUT2D eigenvalue weighted by Gasteiger charge is 2.49. The molecule has 10 nitrogen and oxygen atoms in total. The molecule has 2 heterocycles. The zero-order valence-electron chi connectivity index (χ0n) is 16.3. The van der Waals surface area contributed by atoms with Crippen LogP contribution in [0.4, 0.5) is 0 Å². The van der Waals surface area contributed by atoms with Gasteiger partial charge >= 0.3 is 7.82 Å². The maximum Gasteiger partial charge on any atom is 0.475 e. The Hall–Kier alpha value is -1.39. The summed E-state index contributed by atoms with van der Waals surface area (Å²) in [5, 5.41) is 20.6. The average Bonchev–Trinajstić information content (AvgIpc) is 2.87. The largest absolute Gasteiger partial charge is 0.475 e. The average molecular weight is 419 g/mol. The number of ether oxygens (including phenoxy) is 1. The zero-order valence-corrected chi connectivity index (χ0v) is 17.2. The van der Waals surface area contributed by atoms with Crippen LogP contribution in [0, 0.1) is 0 Å². The molecule has 1 amide bonds. The molecule has 0 radical (unpaired) electrons. The number of phosphoric acid groups is 1. The van der Waals surface area contributed by atoms with Gasteiger partial charge in [-0.3, -0.25) is 18.4 Å². The first-order valence-corrected chi connectivity index (χ1v) is 10.4. The number of hydrogen-bond donors (Lipinski definition) is 3. The highest BCUT2D eigenvalue weighted by molar-refractivity contribution is 7.48. The highest BCUT2D eigenvalue weighted by atomic mass is 31.2. The molecule has 1 fully saturated rings. The quantitative estimate of drug-likeness (QED) is 0.392. The van der Waals surface area contributed by atoms with Crippen LogP contribution in [0.15, 0.2) is 24.5 Å². The summed E-state index contributed by atoms with van der Waals surface area (Å²) in [4.78, 5) is 11.3. The van der Waals surface area contributed by atoms with E-state index in [1.807, 2.05) is 0 Å². The number of primary amides is 1. The molecule has 1 aromatic heterocycles. The van der Waals surface area contributed by atoms with Crippen molar-refractivity contribution in [3.05, 3.63) is 30.1 Å². The van der Waals surface area contributed by atoms with Crippen molar-refractivity contribution in [1.82, 2.24) is 0 Å². The third-order valence-corrected chi connectivity index (χ3v) is 5.64. The number of carbonyl (C=O) groups is 1. The lowest BCUT2D eigenvalue weighted by Gasteiger charge is -2.23. The van der Waals surface area contributed by atoms with Gasteiger partial charge in [0, 0.05) is 6.07 Å². The molecule has 0 saturated carbocycles. The third-order valence-electron chi connectivity index (χ3n) is 3.81. The molecule has 0 aromatic carbocycles. The van der Waals surface area contributed by atoms with Gasteiger partial charge in [-0.2, -0.15) is 4.57 Å². The predicted molar refractivity (Wildman–Crippen MR) is 97.1 cm³/mol. The molecule has 158 valence electrons. The summed E-state index contributed by atoms with van der Waals surface area (Å²) in [6.45, 7) is 6.40. The molecule has 1 aliphatic heterocycles. The molecule has 1 aromatic rings. The number of pyridine rings is 1. The Balaban J connectivity index is 2.10.